The Hall–Kier alpha value is -1.67. The lowest BCUT2D eigenvalue weighted by Gasteiger charge is -2.09. The van der Waals surface area contributed by atoms with Crippen LogP contribution in [0.4, 0.5) is 5.69 Å². The van der Waals surface area contributed by atoms with Crippen molar-refractivity contribution in [2.45, 2.75) is 25.7 Å². The molecule has 0 aliphatic carbocycles. The van der Waals surface area contributed by atoms with Gasteiger partial charge in [0.1, 0.15) is 0 Å². The Balaban J connectivity index is 3.38. The molecule has 0 radical (unpaired) electrons. The number of nitro benzene ring substituents is 1. The molecule has 0 spiro atoms. The summed E-state index contributed by atoms with van der Waals surface area (Å²) < 4.78 is 27.9. The van der Waals surface area contributed by atoms with Gasteiger partial charge in [-0.3, -0.25) is 10.1 Å². The molecule has 0 heterocycles. The van der Waals surface area contributed by atoms with E-state index in [4.69, 9.17) is 15.4 Å². The maximum absolute atomic E-state index is 11.8. The van der Waals surface area contributed by atoms with Gasteiger partial charge in [-0.1, -0.05) is 13.8 Å². The molecule has 1 rings (SSSR count). The summed E-state index contributed by atoms with van der Waals surface area (Å²) >= 11 is 0. The molecule has 116 valence electrons. The molecule has 0 unspecified atom stereocenters. The zero-order chi connectivity index (χ0) is 16.4. The zero-order valence-corrected chi connectivity index (χ0v) is 13.2. The maximum Gasteiger partial charge on any atom is 0.338 e. The first-order chi connectivity index (χ1) is 9.54. The number of ether oxygens (including phenoxy) is 1. The average molecular weight is 336 g/mol. The molecule has 0 aliphatic rings. The van der Waals surface area contributed by atoms with Gasteiger partial charge in [0.05, 0.1) is 22.0 Å². The van der Waals surface area contributed by atoms with Crippen molar-refractivity contribution in [3.05, 3.63) is 33.4 Å². The van der Waals surface area contributed by atoms with Gasteiger partial charge in [-0.15, -0.1) is 0 Å². The molecule has 0 fully saturated rings. The summed E-state index contributed by atoms with van der Waals surface area (Å²) in [5.74, 6) is -0.765. The third kappa shape index (κ3) is 4.40. The number of halogens is 1. The SMILES string of the molecule is Cc1c([N+](=O)[O-])cc(C(=O)OCC(C)C)cc1S(=O)(=O)Cl. The number of carbonyl (C=O) groups is 1. The summed E-state index contributed by atoms with van der Waals surface area (Å²) in [6.45, 7) is 5.00. The number of esters is 1. The van der Waals surface area contributed by atoms with E-state index in [1.807, 2.05) is 13.8 Å². The zero-order valence-electron chi connectivity index (χ0n) is 11.6. The molecule has 0 aromatic heterocycles. The molecule has 1 aromatic rings. The molecule has 7 nitrogen and oxygen atoms in total. The van der Waals surface area contributed by atoms with Crippen LogP contribution in [0.15, 0.2) is 17.0 Å². The fourth-order valence-electron chi connectivity index (χ4n) is 1.56. The van der Waals surface area contributed by atoms with Gasteiger partial charge in [-0.25, -0.2) is 13.2 Å². The first-order valence-electron chi connectivity index (χ1n) is 5.95. The smallest absolute Gasteiger partial charge is 0.338 e. The monoisotopic (exact) mass is 335 g/mol. The minimum Gasteiger partial charge on any atom is -0.462 e. The number of nitrogens with zero attached hydrogens (tertiary/aromatic N) is 1. The van der Waals surface area contributed by atoms with Crippen LogP contribution in [-0.4, -0.2) is 25.9 Å². The highest BCUT2D eigenvalue weighted by Crippen LogP contribution is 2.29. The molecule has 0 amide bonds. The van der Waals surface area contributed by atoms with Crippen LogP contribution < -0.4 is 0 Å². The number of hydrogen-bond acceptors (Lipinski definition) is 6. The van der Waals surface area contributed by atoms with Crippen molar-refractivity contribution < 1.29 is 22.9 Å². The van der Waals surface area contributed by atoms with Gasteiger partial charge in [-0.2, -0.15) is 0 Å². The molecule has 0 aliphatic heterocycles. The van der Waals surface area contributed by atoms with Crippen LogP contribution >= 0.6 is 10.7 Å². The quantitative estimate of drug-likeness (QED) is 0.354. The van der Waals surface area contributed by atoms with E-state index in [1.54, 1.807) is 0 Å². The fourth-order valence-corrected chi connectivity index (χ4v) is 2.78. The van der Waals surface area contributed by atoms with Gasteiger partial charge in [-0.05, 0) is 18.9 Å². The Morgan fingerprint density at radius 2 is 2.00 bits per heavy atom. The largest absolute Gasteiger partial charge is 0.462 e. The van der Waals surface area contributed by atoms with Crippen molar-refractivity contribution in [3.63, 3.8) is 0 Å². The van der Waals surface area contributed by atoms with Gasteiger partial charge in [0.2, 0.25) is 0 Å². The van der Waals surface area contributed by atoms with Crippen LogP contribution in [0.5, 0.6) is 0 Å². The topological polar surface area (TPSA) is 104 Å². The third-order valence-electron chi connectivity index (χ3n) is 2.58. The highest BCUT2D eigenvalue weighted by Gasteiger charge is 2.25. The Kier molecular flexibility index (Phi) is 5.30. The maximum atomic E-state index is 11.8. The molecule has 0 saturated heterocycles. The van der Waals surface area contributed by atoms with Crippen LogP contribution in [0.25, 0.3) is 0 Å². The second-order valence-corrected chi connectivity index (χ2v) is 7.34. The molecule has 0 N–H and O–H groups in total. The Morgan fingerprint density at radius 1 is 1.43 bits per heavy atom. The van der Waals surface area contributed by atoms with Crippen LogP contribution in [-0.2, 0) is 13.8 Å². The van der Waals surface area contributed by atoms with E-state index >= 15 is 0 Å². The molecule has 1 aromatic carbocycles. The number of benzene rings is 1. The standard InChI is InChI=1S/C12H14ClNO6S/c1-7(2)6-20-12(15)9-4-10(14(16)17)8(3)11(5-9)21(13,18)19/h4-5,7H,6H2,1-3H3. The minimum absolute atomic E-state index is 0.0746. The third-order valence-corrected chi connectivity index (χ3v) is 4.02. The van der Waals surface area contributed by atoms with Gasteiger partial charge in [0, 0.05) is 22.3 Å². The van der Waals surface area contributed by atoms with Gasteiger partial charge in [0.15, 0.2) is 0 Å². The molecule has 21 heavy (non-hydrogen) atoms. The van der Waals surface area contributed by atoms with Crippen LogP contribution in [0, 0.1) is 23.0 Å². The summed E-state index contributed by atoms with van der Waals surface area (Å²) in [5, 5.41) is 11.0. The second-order valence-electron chi connectivity index (χ2n) is 4.81. The van der Waals surface area contributed by atoms with E-state index in [9.17, 15) is 23.3 Å². The molecular formula is C12H14ClNO6S. The predicted octanol–water partition coefficient (Wildman–Crippen LogP) is 2.64. The van der Waals surface area contributed by atoms with Crippen LogP contribution in [0.2, 0.25) is 0 Å². The Labute approximate surface area is 126 Å². The van der Waals surface area contributed by atoms with Gasteiger partial charge >= 0.3 is 5.97 Å². The number of carbonyl (C=O) groups excluding carboxylic acids is 1. The van der Waals surface area contributed by atoms with E-state index in [1.165, 1.54) is 6.92 Å². The van der Waals surface area contributed by atoms with E-state index in [0.717, 1.165) is 12.1 Å². The van der Waals surface area contributed by atoms with Crippen molar-refractivity contribution in [1.29, 1.82) is 0 Å². The van der Waals surface area contributed by atoms with E-state index in [-0.39, 0.29) is 23.7 Å². The number of nitro groups is 1. The average Bonchev–Trinajstić information content (AvgIpc) is 2.34. The summed E-state index contributed by atoms with van der Waals surface area (Å²) in [5.41, 5.74) is -0.865. The van der Waals surface area contributed by atoms with Gasteiger partial charge < -0.3 is 4.74 Å². The summed E-state index contributed by atoms with van der Waals surface area (Å²) in [6, 6.07) is 1.96. The highest BCUT2D eigenvalue weighted by atomic mass is 35.7. The van der Waals surface area contributed by atoms with Crippen LogP contribution in [0.3, 0.4) is 0 Å². The molecular weight excluding hydrogens is 322 g/mol. The van der Waals surface area contributed by atoms with Crippen molar-refractivity contribution in [2.75, 3.05) is 6.61 Å². The molecule has 0 atom stereocenters. The fraction of sp³-hybridized carbons (Fsp3) is 0.417. The van der Waals surface area contributed by atoms with E-state index < -0.39 is 30.5 Å². The number of rotatable bonds is 5. The predicted molar refractivity (Wildman–Crippen MR) is 76.0 cm³/mol. The molecule has 9 heteroatoms. The van der Waals surface area contributed by atoms with Crippen molar-refractivity contribution in [3.8, 4) is 0 Å². The minimum atomic E-state index is -4.22. The lowest BCUT2D eigenvalue weighted by molar-refractivity contribution is -0.385. The van der Waals surface area contributed by atoms with E-state index in [0.29, 0.717) is 0 Å². The molecule has 0 saturated carbocycles. The highest BCUT2D eigenvalue weighted by molar-refractivity contribution is 8.13. The summed E-state index contributed by atoms with van der Waals surface area (Å²) in [4.78, 5) is 21.5. The first-order valence-corrected chi connectivity index (χ1v) is 8.25. The van der Waals surface area contributed by atoms with E-state index in [2.05, 4.69) is 0 Å². The van der Waals surface area contributed by atoms with Crippen molar-refractivity contribution >= 4 is 31.4 Å². The normalized spacial score (nSPS) is 11.5. The lowest BCUT2D eigenvalue weighted by Crippen LogP contribution is -2.12. The lowest BCUT2D eigenvalue weighted by atomic mass is 10.1. The Bertz CT molecular complexity index is 683. The first kappa shape index (κ1) is 17.4. The van der Waals surface area contributed by atoms with Crippen molar-refractivity contribution in [2.24, 2.45) is 5.92 Å². The second kappa shape index (κ2) is 6.40. The summed E-state index contributed by atoms with van der Waals surface area (Å²) in [7, 11) is 1.03. The van der Waals surface area contributed by atoms with Crippen molar-refractivity contribution in [1.82, 2.24) is 0 Å². The Morgan fingerprint density at radius 3 is 2.43 bits per heavy atom. The molecule has 0 bridgehead atoms. The van der Waals surface area contributed by atoms with Crippen LogP contribution in [0.1, 0.15) is 29.8 Å². The summed E-state index contributed by atoms with van der Waals surface area (Å²) in [6.07, 6.45) is 0. The van der Waals surface area contributed by atoms with Gasteiger partial charge in [0.25, 0.3) is 14.7 Å². The number of hydrogen-bond donors (Lipinski definition) is 0.